The highest BCUT2D eigenvalue weighted by Crippen LogP contribution is 2.39. The van der Waals surface area contributed by atoms with Crippen molar-refractivity contribution in [3.8, 4) is 0 Å². The molecule has 1 unspecified atom stereocenters. The Hall–Kier alpha value is 0.01000. The predicted molar refractivity (Wildman–Crippen MR) is 91.7 cm³/mol. The van der Waals surface area contributed by atoms with Crippen LogP contribution in [-0.2, 0) is 0 Å². The first-order valence-corrected chi connectivity index (χ1v) is 10.4. The summed E-state index contributed by atoms with van der Waals surface area (Å²) in [5.74, 6) is 0.881. The molecule has 0 amide bonds. The van der Waals surface area contributed by atoms with Crippen LogP contribution in [-0.4, -0.2) is 17.5 Å². The molecule has 1 N–H and O–H groups in total. The molecule has 1 aromatic rings. The smallest absolute Gasteiger partial charge is 0.0445 e. The van der Waals surface area contributed by atoms with Crippen molar-refractivity contribution in [3.05, 3.63) is 22.4 Å². The van der Waals surface area contributed by atoms with Gasteiger partial charge in [0, 0.05) is 22.2 Å². The summed E-state index contributed by atoms with van der Waals surface area (Å²) in [5.41, 5.74) is 0. The molecule has 112 valence electrons. The van der Waals surface area contributed by atoms with Crippen molar-refractivity contribution in [1.29, 1.82) is 0 Å². The Bertz CT molecular complexity index is 376. The van der Waals surface area contributed by atoms with E-state index in [0.717, 1.165) is 17.2 Å². The topological polar surface area (TPSA) is 12.0 Å². The minimum absolute atomic E-state index is 0.633. The first-order chi connectivity index (χ1) is 9.86. The summed E-state index contributed by atoms with van der Waals surface area (Å²) in [6.45, 7) is 0. The van der Waals surface area contributed by atoms with E-state index in [-0.39, 0.29) is 0 Å². The molecular formula is C17H27NS2. The molecule has 0 aliphatic heterocycles. The van der Waals surface area contributed by atoms with E-state index in [0.29, 0.717) is 6.04 Å². The number of thiophene rings is 1. The van der Waals surface area contributed by atoms with Gasteiger partial charge in [0.25, 0.3) is 0 Å². The molecule has 1 nitrogen and oxygen atoms in total. The highest BCUT2D eigenvalue weighted by molar-refractivity contribution is 7.99. The van der Waals surface area contributed by atoms with Crippen molar-refractivity contribution in [2.45, 2.75) is 68.7 Å². The van der Waals surface area contributed by atoms with Gasteiger partial charge in [-0.05, 0) is 62.1 Å². The average Bonchev–Trinajstić information content (AvgIpc) is 3.19. The number of hydrogen-bond donors (Lipinski definition) is 1. The molecule has 0 saturated heterocycles. The highest BCUT2D eigenvalue weighted by atomic mass is 32.2. The van der Waals surface area contributed by atoms with Crippen molar-refractivity contribution in [2.75, 3.05) is 6.26 Å². The lowest BCUT2D eigenvalue weighted by Crippen LogP contribution is -2.38. The van der Waals surface area contributed by atoms with Gasteiger partial charge in [0.1, 0.15) is 0 Å². The monoisotopic (exact) mass is 309 g/mol. The zero-order valence-electron chi connectivity index (χ0n) is 12.5. The first-order valence-electron chi connectivity index (χ1n) is 8.19. The van der Waals surface area contributed by atoms with Gasteiger partial charge in [0.2, 0.25) is 0 Å². The third kappa shape index (κ3) is 3.61. The van der Waals surface area contributed by atoms with Gasteiger partial charge in [-0.2, -0.15) is 11.8 Å². The van der Waals surface area contributed by atoms with E-state index in [1.165, 1.54) is 51.4 Å². The van der Waals surface area contributed by atoms with Crippen LogP contribution in [0.5, 0.6) is 0 Å². The van der Waals surface area contributed by atoms with E-state index in [2.05, 4.69) is 40.8 Å². The molecule has 2 aliphatic carbocycles. The molecular weight excluding hydrogens is 282 g/mol. The second-order valence-electron chi connectivity index (χ2n) is 6.41. The number of nitrogens with one attached hydrogen (secondary N) is 1. The molecule has 20 heavy (non-hydrogen) atoms. The summed E-state index contributed by atoms with van der Waals surface area (Å²) in [6.07, 6.45) is 13.6. The molecule has 0 bridgehead atoms. The quantitative estimate of drug-likeness (QED) is 0.798. The van der Waals surface area contributed by atoms with Gasteiger partial charge in [0.15, 0.2) is 0 Å². The molecule has 0 spiro atoms. The Morgan fingerprint density at radius 1 is 1.15 bits per heavy atom. The number of hydrogen-bond acceptors (Lipinski definition) is 3. The Labute approximate surface area is 131 Å². The molecule has 0 radical (unpaired) electrons. The maximum atomic E-state index is 4.05. The second-order valence-corrected chi connectivity index (χ2v) is 8.53. The second kappa shape index (κ2) is 7.33. The normalized spacial score (nSPS) is 29.6. The van der Waals surface area contributed by atoms with E-state index in [4.69, 9.17) is 0 Å². The van der Waals surface area contributed by atoms with Crippen molar-refractivity contribution in [1.82, 2.24) is 5.32 Å². The maximum Gasteiger partial charge on any atom is 0.0445 e. The molecule has 0 aromatic carbocycles. The lowest BCUT2D eigenvalue weighted by molar-refractivity contribution is 0.288. The van der Waals surface area contributed by atoms with Gasteiger partial charge in [-0.1, -0.05) is 18.9 Å². The van der Waals surface area contributed by atoms with Gasteiger partial charge < -0.3 is 5.32 Å². The molecule has 2 saturated carbocycles. The van der Waals surface area contributed by atoms with E-state index < -0.39 is 0 Å². The van der Waals surface area contributed by atoms with Crippen LogP contribution < -0.4 is 5.32 Å². The van der Waals surface area contributed by atoms with Crippen LogP contribution >= 0.6 is 23.1 Å². The van der Waals surface area contributed by atoms with E-state index in [9.17, 15) is 0 Å². The van der Waals surface area contributed by atoms with Crippen LogP contribution in [0.1, 0.15) is 62.3 Å². The van der Waals surface area contributed by atoms with Crippen LogP contribution in [0.4, 0.5) is 0 Å². The molecule has 1 aromatic heterocycles. The lowest BCUT2D eigenvalue weighted by Gasteiger charge is -2.33. The van der Waals surface area contributed by atoms with Gasteiger partial charge in [-0.15, -0.1) is 11.3 Å². The Morgan fingerprint density at radius 2 is 1.90 bits per heavy atom. The van der Waals surface area contributed by atoms with E-state index >= 15 is 0 Å². The molecule has 2 aliphatic rings. The summed E-state index contributed by atoms with van der Waals surface area (Å²) in [5, 5.41) is 7.20. The predicted octanol–water partition coefficient (Wildman–Crippen LogP) is 5.24. The van der Waals surface area contributed by atoms with Crippen LogP contribution in [0, 0.1) is 5.92 Å². The van der Waals surface area contributed by atoms with Crippen LogP contribution in [0.25, 0.3) is 0 Å². The fourth-order valence-corrected chi connectivity index (χ4v) is 5.55. The summed E-state index contributed by atoms with van der Waals surface area (Å²) in [6, 6.07) is 5.95. The highest BCUT2D eigenvalue weighted by Gasteiger charge is 2.30. The largest absolute Gasteiger partial charge is 0.306 e. The van der Waals surface area contributed by atoms with Crippen LogP contribution in [0.2, 0.25) is 0 Å². The standard InChI is InChI=1S/C17H27NS2/c1-19-15-10-8-14(9-11-15)18-17(13-5-2-3-6-13)16-7-4-12-20-16/h4,7,12-15,17-18H,2-3,5-6,8-11H2,1H3. The molecule has 1 atom stereocenters. The molecule has 3 heteroatoms. The summed E-state index contributed by atoms with van der Waals surface area (Å²) in [4.78, 5) is 1.57. The Morgan fingerprint density at radius 3 is 2.50 bits per heavy atom. The Kier molecular flexibility index (Phi) is 5.47. The van der Waals surface area contributed by atoms with Gasteiger partial charge >= 0.3 is 0 Å². The lowest BCUT2D eigenvalue weighted by atomic mass is 9.91. The third-order valence-electron chi connectivity index (χ3n) is 5.14. The zero-order chi connectivity index (χ0) is 13.8. The summed E-state index contributed by atoms with van der Waals surface area (Å²) >= 11 is 4.01. The van der Waals surface area contributed by atoms with Crippen molar-refractivity contribution in [3.63, 3.8) is 0 Å². The number of thioether (sulfide) groups is 1. The van der Waals surface area contributed by atoms with Crippen LogP contribution in [0.3, 0.4) is 0 Å². The average molecular weight is 310 g/mol. The number of rotatable bonds is 5. The summed E-state index contributed by atoms with van der Waals surface area (Å²) in [7, 11) is 0. The fraction of sp³-hybridized carbons (Fsp3) is 0.765. The van der Waals surface area contributed by atoms with E-state index in [1.807, 2.05) is 11.3 Å². The van der Waals surface area contributed by atoms with Crippen molar-refractivity contribution in [2.24, 2.45) is 5.92 Å². The zero-order valence-corrected chi connectivity index (χ0v) is 14.1. The van der Waals surface area contributed by atoms with Gasteiger partial charge in [-0.25, -0.2) is 0 Å². The molecule has 1 heterocycles. The van der Waals surface area contributed by atoms with Gasteiger partial charge in [-0.3, -0.25) is 0 Å². The minimum atomic E-state index is 0.633. The molecule has 2 fully saturated rings. The van der Waals surface area contributed by atoms with Gasteiger partial charge in [0.05, 0.1) is 0 Å². The minimum Gasteiger partial charge on any atom is -0.306 e. The SMILES string of the molecule is CSC1CCC(NC(c2cccs2)C2CCCC2)CC1. The third-order valence-corrected chi connectivity index (χ3v) is 7.24. The van der Waals surface area contributed by atoms with Crippen molar-refractivity contribution < 1.29 is 0 Å². The fourth-order valence-electron chi connectivity index (χ4n) is 3.93. The van der Waals surface area contributed by atoms with E-state index in [1.54, 1.807) is 4.88 Å². The van der Waals surface area contributed by atoms with Crippen LogP contribution in [0.15, 0.2) is 17.5 Å². The first kappa shape index (κ1) is 14.9. The Balaban J connectivity index is 1.62. The molecule has 3 rings (SSSR count). The van der Waals surface area contributed by atoms with Crippen molar-refractivity contribution >= 4 is 23.1 Å². The maximum absolute atomic E-state index is 4.05. The summed E-state index contributed by atoms with van der Waals surface area (Å²) < 4.78 is 0.